The largest absolute Gasteiger partial charge is 0.477 e. The van der Waals surface area contributed by atoms with Crippen molar-refractivity contribution in [1.29, 1.82) is 0 Å². The molecule has 0 radical (unpaired) electrons. The Morgan fingerprint density at radius 2 is 1.76 bits per heavy atom. The molecular formula is C13H21NO2S. The van der Waals surface area contributed by atoms with Crippen LogP contribution in [-0.2, 0) is 11.8 Å². The molecular weight excluding hydrogens is 234 g/mol. The van der Waals surface area contributed by atoms with E-state index in [1.165, 1.54) is 11.3 Å². The number of aromatic carboxylic acids is 1. The van der Waals surface area contributed by atoms with E-state index in [1.807, 2.05) is 20.8 Å². The number of nitrogens with zero attached hydrogens (tertiary/aromatic N) is 1. The number of thiazole rings is 1. The number of aromatic nitrogens is 1. The van der Waals surface area contributed by atoms with Crippen molar-refractivity contribution in [2.45, 2.75) is 53.4 Å². The topological polar surface area (TPSA) is 50.2 Å². The van der Waals surface area contributed by atoms with Crippen LogP contribution in [0.15, 0.2) is 0 Å². The summed E-state index contributed by atoms with van der Waals surface area (Å²) in [6, 6.07) is 0. The molecule has 17 heavy (non-hydrogen) atoms. The highest BCUT2D eigenvalue weighted by atomic mass is 32.1. The molecule has 1 N–H and O–H groups in total. The summed E-state index contributed by atoms with van der Waals surface area (Å²) in [7, 11) is 0. The molecule has 0 bridgehead atoms. The summed E-state index contributed by atoms with van der Waals surface area (Å²) in [4.78, 5) is 16.1. The molecule has 0 aliphatic carbocycles. The van der Waals surface area contributed by atoms with Gasteiger partial charge in [0.2, 0.25) is 0 Å². The Balaban J connectivity index is 3.18. The van der Waals surface area contributed by atoms with E-state index in [0.717, 1.165) is 11.4 Å². The Kier molecular flexibility index (Phi) is 3.67. The van der Waals surface area contributed by atoms with E-state index >= 15 is 0 Å². The summed E-state index contributed by atoms with van der Waals surface area (Å²) in [5.74, 6) is -0.868. The molecule has 0 unspecified atom stereocenters. The molecule has 0 saturated carbocycles. The molecule has 1 aromatic rings. The molecule has 0 spiro atoms. The van der Waals surface area contributed by atoms with Gasteiger partial charge in [0.15, 0.2) is 0 Å². The summed E-state index contributed by atoms with van der Waals surface area (Å²) in [5, 5.41) is 10.1. The van der Waals surface area contributed by atoms with Crippen LogP contribution in [0.5, 0.6) is 0 Å². The van der Waals surface area contributed by atoms with Crippen molar-refractivity contribution in [3.05, 3.63) is 15.6 Å². The van der Waals surface area contributed by atoms with E-state index in [-0.39, 0.29) is 10.8 Å². The summed E-state index contributed by atoms with van der Waals surface area (Å²) in [6.45, 7) is 12.4. The average molecular weight is 255 g/mol. The maximum absolute atomic E-state index is 11.2. The highest BCUT2D eigenvalue weighted by Crippen LogP contribution is 2.32. The number of hydrogen-bond acceptors (Lipinski definition) is 3. The van der Waals surface area contributed by atoms with Crippen LogP contribution in [0, 0.1) is 5.41 Å². The van der Waals surface area contributed by atoms with Crippen LogP contribution < -0.4 is 0 Å². The zero-order valence-corrected chi connectivity index (χ0v) is 12.2. The Labute approximate surface area is 107 Å². The number of carboxylic acid groups (broad SMARTS) is 1. The van der Waals surface area contributed by atoms with Gasteiger partial charge in [-0.3, -0.25) is 0 Å². The van der Waals surface area contributed by atoms with E-state index < -0.39 is 5.97 Å². The van der Waals surface area contributed by atoms with Gasteiger partial charge in [-0.2, -0.15) is 0 Å². The van der Waals surface area contributed by atoms with Crippen LogP contribution in [0.4, 0.5) is 0 Å². The first kappa shape index (κ1) is 14.2. The van der Waals surface area contributed by atoms with Crippen molar-refractivity contribution in [3.8, 4) is 0 Å². The minimum atomic E-state index is -0.868. The van der Waals surface area contributed by atoms with Crippen molar-refractivity contribution < 1.29 is 9.90 Å². The minimum Gasteiger partial charge on any atom is -0.477 e. The Morgan fingerprint density at radius 1 is 1.24 bits per heavy atom. The second-order valence-corrected chi connectivity index (χ2v) is 7.66. The van der Waals surface area contributed by atoms with Crippen LogP contribution in [0.1, 0.15) is 61.9 Å². The molecule has 0 aliphatic rings. The lowest BCUT2D eigenvalue weighted by Crippen LogP contribution is -2.16. The monoisotopic (exact) mass is 255 g/mol. The molecule has 0 amide bonds. The third-order valence-electron chi connectivity index (χ3n) is 2.26. The Bertz CT molecular complexity index is 422. The number of carboxylic acids is 1. The van der Waals surface area contributed by atoms with Gasteiger partial charge in [-0.25, -0.2) is 9.78 Å². The first-order chi connectivity index (χ1) is 7.50. The second-order valence-electron chi connectivity index (χ2n) is 6.58. The predicted octanol–water partition coefficient (Wildman–Crippen LogP) is 3.73. The van der Waals surface area contributed by atoms with E-state index in [1.54, 1.807) is 0 Å². The molecule has 0 aliphatic heterocycles. The van der Waals surface area contributed by atoms with Crippen molar-refractivity contribution in [1.82, 2.24) is 4.98 Å². The normalized spacial score (nSPS) is 12.8. The fraction of sp³-hybridized carbons (Fsp3) is 0.692. The number of hydrogen-bond donors (Lipinski definition) is 1. The second kappa shape index (κ2) is 4.41. The van der Waals surface area contributed by atoms with Crippen LogP contribution in [-0.4, -0.2) is 16.1 Å². The lowest BCUT2D eigenvalue weighted by Gasteiger charge is -2.17. The molecule has 96 valence electrons. The number of carbonyl (C=O) groups is 1. The first-order valence-electron chi connectivity index (χ1n) is 5.74. The quantitative estimate of drug-likeness (QED) is 0.876. The lowest BCUT2D eigenvalue weighted by molar-refractivity contribution is 0.0699. The van der Waals surface area contributed by atoms with Gasteiger partial charge in [0, 0.05) is 11.8 Å². The standard InChI is InChI=1S/C13H21NO2S/c1-12(2,3)7-8-14-10(13(4,5)6)9(17-8)11(15)16/h7H2,1-6H3,(H,15,16). The smallest absolute Gasteiger partial charge is 0.347 e. The van der Waals surface area contributed by atoms with Gasteiger partial charge < -0.3 is 5.11 Å². The molecule has 1 aromatic heterocycles. The molecule has 4 heteroatoms. The summed E-state index contributed by atoms with van der Waals surface area (Å²) in [5.41, 5.74) is 0.609. The van der Waals surface area contributed by atoms with E-state index in [2.05, 4.69) is 25.8 Å². The SMILES string of the molecule is CC(C)(C)Cc1nc(C(C)(C)C)c(C(=O)O)s1. The third-order valence-corrected chi connectivity index (χ3v) is 3.30. The maximum Gasteiger partial charge on any atom is 0.347 e. The van der Waals surface area contributed by atoms with Gasteiger partial charge in [-0.1, -0.05) is 41.5 Å². The van der Waals surface area contributed by atoms with E-state index in [9.17, 15) is 9.90 Å². The molecule has 1 heterocycles. The molecule has 1 rings (SSSR count). The van der Waals surface area contributed by atoms with Gasteiger partial charge >= 0.3 is 5.97 Å². The molecule has 0 atom stereocenters. The van der Waals surface area contributed by atoms with Crippen molar-refractivity contribution >= 4 is 17.3 Å². The average Bonchev–Trinajstić information content (AvgIpc) is 2.43. The highest BCUT2D eigenvalue weighted by Gasteiger charge is 2.28. The molecule has 0 saturated heterocycles. The number of rotatable bonds is 2. The summed E-state index contributed by atoms with van der Waals surface area (Å²) in [6.07, 6.45) is 0.814. The summed E-state index contributed by atoms with van der Waals surface area (Å²) < 4.78 is 0. The van der Waals surface area contributed by atoms with E-state index in [4.69, 9.17) is 0 Å². The van der Waals surface area contributed by atoms with Crippen molar-refractivity contribution in [2.24, 2.45) is 5.41 Å². The fourth-order valence-corrected chi connectivity index (χ4v) is 2.96. The Hall–Kier alpha value is -0.900. The molecule has 3 nitrogen and oxygen atoms in total. The van der Waals surface area contributed by atoms with Gasteiger partial charge in [-0.05, 0) is 5.41 Å². The molecule has 0 aromatic carbocycles. The van der Waals surface area contributed by atoms with Gasteiger partial charge in [0.25, 0.3) is 0 Å². The minimum absolute atomic E-state index is 0.128. The van der Waals surface area contributed by atoms with Gasteiger partial charge in [0.1, 0.15) is 4.88 Å². The van der Waals surface area contributed by atoms with Crippen LogP contribution >= 0.6 is 11.3 Å². The highest BCUT2D eigenvalue weighted by molar-refractivity contribution is 7.13. The third kappa shape index (κ3) is 3.80. The van der Waals surface area contributed by atoms with Crippen LogP contribution in [0.2, 0.25) is 0 Å². The maximum atomic E-state index is 11.2. The zero-order chi connectivity index (χ0) is 13.4. The lowest BCUT2D eigenvalue weighted by atomic mass is 9.90. The van der Waals surface area contributed by atoms with Crippen molar-refractivity contribution in [2.75, 3.05) is 0 Å². The van der Waals surface area contributed by atoms with Crippen molar-refractivity contribution in [3.63, 3.8) is 0 Å². The zero-order valence-electron chi connectivity index (χ0n) is 11.4. The van der Waals surface area contributed by atoms with Gasteiger partial charge in [0.05, 0.1) is 10.7 Å². The van der Waals surface area contributed by atoms with E-state index in [0.29, 0.717) is 10.6 Å². The summed E-state index contributed by atoms with van der Waals surface area (Å²) >= 11 is 1.31. The van der Waals surface area contributed by atoms with Crippen LogP contribution in [0.3, 0.4) is 0 Å². The Morgan fingerprint density at radius 3 is 2.06 bits per heavy atom. The first-order valence-corrected chi connectivity index (χ1v) is 6.56. The van der Waals surface area contributed by atoms with Crippen LogP contribution in [0.25, 0.3) is 0 Å². The molecule has 0 fully saturated rings. The fourth-order valence-electron chi connectivity index (χ4n) is 1.55. The predicted molar refractivity (Wildman–Crippen MR) is 70.9 cm³/mol. The van der Waals surface area contributed by atoms with Gasteiger partial charge in [-0.15, -0.1) is 11.3 Å².